The lowest BCUT2D eigenvalue weighted by atomic mass is 10.0. The van der Waals surface area contributed by atoms with Gasteiger partial charge in [-0.3, -0.25) is 4.90 Å². The van der Waals surface area contributed by atoms with Gasteiger partial charge in [-0.1, -0.05) is 0 Å². The fourth-order valence-electron chi connectivity index (χ4n) is 3.48. The Balaban J connectivity index is 1.50. The molecule has 1 aliphatic heterocycles. The van der Waals surface area contributed by atoms with E-state index in [2.05, 4.69) is 15.0 Å². The molecule has 0 N–H and O–H groups in total. The summed E-state index contributed by atoms with van der Waals surface area (Å²) in [7, 11) is 0. The number of benzene rings is 1. The van der Waals surface area contributed by atoms with E-state index in [1.165, 1.54) is 11.0 Å². The molecule has 1 saturated carbocycles. The van der Waals surface area contributed by atoms with Crippen molar-refractivity contribution < 1.29 is 28.0 Å². The van der Waals surface area contributed by atoms with Crippen LogP contribution >= 0.6 is 0 Å². The monoisotopic (exact) mass is 443 g/mol. The topological polar surface area (TPSA) is 102 Å². The van der Waals surface area contributed by atoms with Gasteiger partial charge < -0.3 is 18.8 Å². The minimum Gasteiger partial charge on any atom is -0.443 e. The van der Waals surface area contributed by atoms with E-state index in [4.69, 9.17) is 20.6 Å². The molecule has 32 heavy (non-hydrogen) atoms. The highest BCUT2D eigenvalue weighted by atomic mass is 19.1. The summed E-state index contributed by atoms with van der Waals surface area (Å²) in [5.41, 5.74) is -0.896. The van der Waals surface area contributed by atoms with E-state index in [1.807, 2.05) is 0 Å². The van der Waals surface area contributed by atoms with Gasteiger partial charge in [0.1, 0.15) is 17.5 Å². The van der Waals surface area contributed by atoms with E-state index in [1.54, 1.807) is 32.9 Å². The fraction of sp³-hybridized carbons (Fsp3) is 0.476. The molecule has 0 spiro atoms. The van der Waals surface area contributed by atoms with Gasteiger partial charge in [-0.2, -0.15) is 4.98 Å². The Bertz CT molecular complexity index is 1070. The van der Waals surface area contributed by atoms with E-state index in [9.17, 15) is 14.0 Å². The molecule has 4 rings (SSSR count). The molecule has 10 nitrogen and oxygen atoms in total. The third kappa shape index (κ3) is 4.21. The Labute approximate surface area is 183 Å². The van der Waals surface area contributed by atoms with Crippen LogP contribution in [0, 0.1) is 12.4 Å². The number of anilines is 2. The average Bonchev–Trinajstić information content (AvgIpc) is 3.14. The first-order chi connectivity index (χ1) is 15.1. The molecule has 0 radical (unpaired) electrons. The Morgan fingerprint density at radius 2 is 2.19 bits per heavy atom. The number of cyclic esters (lactones) is 1. The zero-order chi connectivity index (χ0) is 23.1. The van der Waals surface area contributed by atoms with Gasteiger partial charge in [0.25, 0.3) is 11.5 Å². The van der Waals surface area contributed by atoms with Crippen LogP contribution in [0.3, 0.4) is 0 Å². The lowest BCUT2D eigenvalue weighted by molar-refractivity contribution is 0.0555. The second-order valence-corrected chi connectivity index (χ2v) is 8.75. The predicted molar refractivity (Wildman–Crippen MR) is 109 cm³/mol. The van der Waals surface area contributed by atoms with Gasteiger partial charge in [0.15, 0.2) is 0 Å². The first kappa shape index (κ1) is 21.5. The maximum absolute atomic E-state index is 14.7. The molecule has 2 aliphatic rings. The maximum Gasteiger partial charge on any atom is 0.417 e. The lowest BCUT2D eigenvalue weighted by Gasteiger charge is -2.26. The third-order valence-corrected chi connectivity index (χ3v) is 5.17. The van der Waals surface area contributed by atoms with Crippen molar-refractivity contribution in [2.75, 3.05) is 22.9 Å². The number of hydrogen-bond acceptors (Lipinski definition) is 7. The van der Waals surface area contributed by atoms with Gasteiger partial charge in [0, 0.05) is 12.8 Å². The first-order valence-corrected chi connectivity index (χ1v) is 10.1. The molecule has 168 valence electrons. The van der Waals surface area contributed by atoms with Crippen molar-refractivity contribution in [3.63, 3.8) is 0 Å². The summed E-state index contributed by atoms with van der Waals surface area (Å²) in [5, 5.41) is 3.68. The summed E-state index contributed by atoms with van der Waals surface area (Å²) in [6.07, 6.45) is 0.173. The van der Waals surface area contributed by atoms with Crippen molar-refractivity contribution in [2.24, 2.45) is 0 Å². The zero-order valence-corrected chi connectivity index (χ0v) is 17.9. The van der Waals surface area contributed by atoms with E-state index in [0.29, 0.717) is 24.1 Å². The highest BCUT2D eigenvalue weighted by Crippen LogP contribution is 2.50. The molecule has 11 heteroatoms. The summed E-state index contributed by atoms with van der Waals surface area (Å²) < 4.78 is 30.2. The SMILES string of the molecule is [C-]#[N+]C1(c2ccc(N3CC(CN(C(=O)OC(C)(C)C)c4ncon4)OC3=O)cc2F)CC1. The molecule has 1 unspecified atom stereocenters. The lowest BCUT2D eigenvalue weighted by Crippen LogP contribution is -2.43. The third-order valence-electron chi connectivity index (χ3n) is 5.17. The van der Waals surface area contributed by atoms with Crippen LogP contribution in [0.2, 0.25) is 0 Å². The van der Waals surface area contributed by atoms with Gasteiger partial charge in [0.05, 0.1) is 24.3 Å². The van der Waals surface area contributed by atoms with Gasteiger partial charge in [-0.05, 0) is 44.1 Å². The maximum atomic E-state index is 14.7. The number of rotatable bonds is 5. The Kier molecular flexibility index (Phi) is 5.24. The van der Waals surface area contributed by atoms with Crippen LogP contribution in [0.1, 0.15) is 39.2 Å². The molecule has 1 saturated heterocycles. The van der Waals surface area contributed by atoms with Gasteiger partial charge >= 0.3 is 12.2 Å². The second kappa shape index (κ2) is 7.78. The molecular formula is C21H22FN5O5. The van der Waals surface area contributed by atoms with Crippen molar-refractivity contribution in [3.05, 3.63) is 47.4 Å². The highest BCUT2D eigenvalue weighted by molar-refractivity contribution is 5.90. The molecule has 1 aromatic heterocycles. The Morgan fingerprint density at radius 3 is 2.75 bits per heavy atom. The molecular weight excluding hydrogens is 421 g/mol. The van der Waals surface area contributed by atoms with Crippen LogP contribution in [0.15, 0.2) is 29.1 Å². The number of carbonyl (C=O) groups excluding carboxylic acids is 2. The van der Waals surface area contributed by atoms with Crippen molar-refractivity contribution >= 4 is 23.8 Å². The van der Waals surface area contributed by atoms with E-state index < -0.39 is 35.2 Å². The predicted octanol–water partition coefficient (Wildman–Crippen LogP) is 3.88. The molecule has 1 atom stereocenters. The largest absolute Gasteiger partial charge is 0.443 e. The van der Waals surface area contributed by atoms with Crippen molar-refractivity contribution in [1.82, 2.24) is 10.1 Å². The molecule has 2 heterocycles. The zero-order valence-electron chi connectivity index (χ0n) is 17.9. The summed E-state index contributed by atoms with van der Waals surface area (Å²) in [6, 6.07) is 4.37. The van der Waals surface area contributed by atoms with E-state index >= 15 is 0 Å². The molecule has 2 amide bonds. The standard InChI is InChI=1S/C21H22FN5O5/c1-20(2,3)32-19(29)27(17-24-12-30-25-17)11-14-10-26(18(28)31-14)13-5-6-15(16(22)9-13)21(23-4)7-8-21/h5-6,9,12,14H,7-8,10-11H2,1-3H3. The molecule has 2 fully saturated rings. The molecule has 2 aromatic rings. The molecule has 1 aromatic carbocycles. The van der Waals surface area contributed by atoms with Crippen molar-refractivity contribution in [1.29, 1.82) is 0 Å². The minimum atomic E-state index is -0.783. The number of amides is 2. The number of nitrogens with zero attached hydrogens (tertiary/aromatic N) is 5. The molecule has 1 aliphatic carbocycles. The highest BCUT2D eigenvalue weighted by Gasteiger charge is 2.54. The number of halogens is 1. The van der Waals surface area contributed by atoms with Gasteiger partial charge in [-0.25, -0.2) is 25.5 Å². The number of carbonyl (C=O) groups is 2. The summed E-state index contributed by atoms with van der Waals surface area (Å²) in [6.45, 7) is 12.4. The van der Waals surface area contributed by atoms with E-state index in [0.717, 1.165) is 11.3 Å². The average molecular weight is 443 g/mol. The Morgan fingerprint density at radius 1 is 1.44 bits per heavy atom. The minimum absolute atomic E-state index is 0.0296. The number of ether oxygens (including phenoxy) is 2. The van der Waals surface area contributed by atoms with Crippen LogP contribution in [-0.2, 0) is 15.0 Å². The first-order valence-electron chi connectivity index (χ1n) is 10.1. The fourth-order valence-corrected chi connectivity index (χ4v) is 3.48. The van der Waals surface area contributed by atoms with Gasteiger partial charge in [-0.15, -0.1) is 0 Å². The van der Waals surface area contributed by atoms with Crippen LogP contribution in [0.25, 0.3) is 4.85 Å². The molecule has 0 bridgehead atoms. The summed E-state index contributed by atoms with van der Waals surface area (Å²) in [4.78, 5) is 34.9. The van der Waals surface area contributed by atoms with Crippen molar-refractivity contribution in [3.8, 4) is 0 Å². The van der Waals surface area contributed by atoms with Crippen LogP contribution in [0.5, 0.6) is 0 Å². The second-order valence-electron chi connectivity index (χ2n) is 8.75. The van der Waals surface area contributed by atoms with Crippen LogP contribution in [0.4, 0.5) is 25.6 Å². The van der Waals surface area contributed by atoms with Crippen LogP contribution < -0.4 is 9.80 Å². The van der Waals surface area contributed by atoms with Gasteiger partial charge in [0.2, 0.25) is 6.39 Å². The summed E-state index contributed by atoms with van der Waals surface area (Å²) >= 11 is 0. The van der Waals surface area contributed by atoms with Crippen LogP contribution in [-0.4, -0.2) is 47.1 Å². The van der Waals surface area contributed by atoms with Crippen molar-refractivity contribution in [2.45, 2.75) is 50.9 Å². The Hall–Kier alpha value is -3.68. The summed E-state index contributed by atoms with van der Waals surface area (Å²) in [5.74, 6) is -0.563. The number of aromatic nitrogens is 2. The number of hydrogen-bond donors (Lipinski definition) is 0. The van der Waals surface area contributed by atoms with E-state index in [-0.39, 0.29) is 19.0 Å². The quantitative estimate of drug-likeness (QED) is 0.646. The normalized spacial score (nSPS) is 19.3. The smallest absolute Gasteiger partial charge is 0.417 e.